The van der Waals surface area contributed by atoms with Crippen LogP contribution < -0.4 is 10.6 Å². The van der Waals surface area contributed by atoms with Crippen LogP contribution in [0.15, 0.2) is 6.20 Å². The molecule has 0 bridgehead atoms. The molecule has 2 rings (SSSR count). The first-order valence-corrected chi connectivity index (χ1v) is 7.00. The van der Waals surface area contributed by atoms with E-state index in [2.05, 4.69) is 22.5 Å². The van der Waals surface area contributed by atoms with Gasteiger partial charge in [-0.15, -0.1) is 11.3 Å². The number of amides is 1. The molecule has 1 aliphatic heterocycles. The Labute approximate surface area is 106 Å². The van der Waals surface area contributed by atoms with Crippen LogP contribution in [0.2, 0.25) is 0 Å². The van der Waals surface area contributed by atoms with E-state index in [1.807, 2.05) is 13.1 Å². The monoisotopic (exact) mass is 253 g/mol. The van der Waals surface area contributed by atoms with Gasteiger partial charge in [0.2, 0.25) is 5.91 Å². The number of carbonyl (C=O) groups excluding carboxylic acids is 1. The molecule has 17 heavy (non-hydrogen) atoms. The minimum Gasteiger partial charge on any atom is -0.346 e. The lowest BCUT2D eigenvalue weighted by Gasteiger charge is -2.15. The molecule has 1 aromatic rings. The summed E-state index contributed by atoms with van der Waals surface area (Å²) in [6.07, 6.45) is 4.93. The number of carbonyl (C=O) groups is 1. The molecule has 0 aromatic carbocycles. The third-order valence-corrected chi connectivity index (χ3v) is 4.35. The summed E-state index contributed by atoms with van der Waals surface area (Å²) in [6.45, 7) is 5.05. The number of rotatable bonds is 4. The van der Waals surface area contributed by atoms with Gasteiger partial charge in [-0.25, -0.2) is 4.98 Å². The normalized spacial score (nSPS) is 21.4. The van der Waals surface area contributed by atoms with E-state index in [1.54, 1.807) is 11.3 Å². The molecule has 0 spiro atoms. The number of nitrogens with one attached hydrogen (secondary N) is 2. The van der Waals surface area contributed by atoms with Crippen LogP contribution in [0, 0.1) is 0 Å². The molecular weight excluding hydrogens is 234 g/mol. The van der Waals surface area contributed by atoms with Crippen molar-refractivity contribution in [2.75, 3.05) is 6.54 Å². The lowest BCUT2D eigenvalue weighted by atomic mass is 10.2. The summed E-state index contributed by atoms with van der Waals surface area (Å²) >= 11 is 1.68. The number of aryl methyl sites for hydroxylation is 1. The molecule has 94 valence electrons. The maximum Gasteiger partial charge on any atom is 0.237 e. The highest BCUT2D eigenvalue weighted by Crippen LogP contribution is 2.20. The predicted molar refractivity (Wildman–Crippen MR) is 69.1 cm³/mol. The van der Waals surface area contributed by atoms with Crippen LogP contribution >= 0.6 is 11.3 Å². The second kappa shape index (κ2) is 5.60. The van der Waals surface area contributed by atoms with Gasteiger partial charge in [-0.3, -0.25) is 4.79 Å². The summed E-state index contributed by atoms with van der Waals surface area (Å²) < 4.78 is 0. The van der Waals surface area contributed by atoms with Crippen molar-refractivity contribution in [3.63, 3.8) is 0 Å². The molecule has 2 atom stereocenters. The molecule has 1 aromatic heterocycles. The van der Waals surface area contributed by atoms with Crippen LogP contribution in [-0.4, -0.2) is 23.5 Å². The second-order valence-corrected chi connectivity index (χ2v) is 5.54. The van der Waals surface area contributed by atoms with Crippen molar-refractivity contribution in [3.8, 4) is 0 Å². The minimum absolute atomic E-state index is 0.00944. The van der Waals surface area contributed by atoms with E-state index in [0.717, 1.165) is 30.8 Å². The standard InChI is InChI=1S/C12H19N3OS/c1-3-9-7-14-12(17-9)8(2)15-11(16)10-5-4-6-13-10/h7-8,10,13H,3-6H2,1-2H3,(H,15,16)/t8?,10-/m1/s1. The van der Waals surface area contributed by atoms with Gasteiger partial charge in [-0.2, -0.15) is 0 Å². The highest BCUT2D eigenvalue weighted by Gasteiger charge is 2.24. The third-order valence-electron chi connectivity index (χ3n) is 3.03. The lowest BCUT2D eigenvalue weighted by molar-refractivity contribution is -0.123. The number of aromatic nitrogens is 1. The highest BCUT2D eigenvalue weighted by atomic mass is 32.1. The first-order chi connectivity index (χ1) is 8.20. The zero-order valence-electron chi connectivity index (χ0n) is 10.3. The van der Waals surface area contributed by atoms with Crippen molar-refractivity contribution < 1.29 is 4.79 Å². The topological polar surface area (TPSA) is 54.0 Å². The van der Waals surface area contributed by atoms with Crippen molar-refractivity contribution in [3.05, 3.63) is 16.1 Å². The zero-order valence-corrected chi connectivity index (χ0v) is 11.1. The van der Waals surface area contributed by atoms with Crippen LogP contribution in [0.1, 0.15) is 42.6 Å². The fourth-order valence-electron chi connectivity index (χ4n) is 1.97. The Bertz CT molecular complexity index is 385. The Hall–Kier alpha value is -0.940. The number of thiazole rings is 1. The lowest BCUT2D eigenvalue weighted by Crippen LogP contribution is -2.41. The fourth-order valence-corrected chi connectivity index (χ4v) is 2.83. The van der Waals surface area contributed by atoms with Crippen LogP contribution in [0.4, 0.5) is 0 Å². The molecule has 0 radical (unpaired) electrons. The third kappa shape index (κ3) is 3.04. The van der Waals surface area contributed by atoms with E-state index in [0.29, 0.717) is 0 Å². The molecule has 1 fully saturated rings. The Kier molecular flexibility index (Phi) is 4.12. The van der Waals surface area contributed by atoms with Gasteiger partial charge in [0.25, 0.3) is 0 Å². The average Bonchev–Trinajstić information content (AvgIpc) is 3.00. The first kappa shape index (κ1) is 12.5. The van der Waals surface area contributed by atoms with E-state index >= 15 is 0 Å². The van der Waals surface area contributed by atoms with Gasteiger partial charge in [-0.05, 0) is 32.7 Å². The minimum atomic E-state index is -0.0111. The Morgan fingerprint density at radius 1 is 1.76 bits per heavy atom. The van der Waals surface area contributed by atoms with Crippen molar-refractivity contribution in [2.45, 2.75) is 45.2 Å². The molecule has 4 nitrogen and oxygen atoms in total. The van der Waals surface area contributed by atoms with Crippen molar-refractivity contribution in [2.24, 2.45) is 0 Å². The van der Waals surface area contributed by atoms with E-state index in [9.17, 15) is 4.79 Å². The highest BCUT2D eigenvalue weighted by molar-refractivity contribution is 7.11. The number of nitrogens with zero attached hydrogens (tertiary/aromatic N) is 1. The summed E-state index contributed by atoms with van der Waals surface area (Å²) in [5.74, 6) is 0.100. The van der Waals surface area contributed by atoms with Gasteiger partial charge >= 0.3 is 0 Å². The Balaban J connectivity index is 1.91. The van der Waals surface area contributed by atoms with Gasteiger partial charge in [0.1, 0.15) is 5.01 Å². The van der Waals surface area contributed by atoms with Crippen molar-refractivity contribution >= 4 is 17.2 Å². The molecule has 2 N–H and O–H groups in total. The van der Waals surface area contributed by atoms with Crippen LogP contribution in [-0.2, 0) is 11.2 Å². The van der Waals surface area contributed by atoms with Crippen LogP contribution in [0.5, 0.6) is 0 Å². The van der Waals surface area contributed by atoms with Gasteiger partial charge < -0.3 is 10.6 Å². The largest absolute Gasteiger partial charge is 0.346 e. The van der Waals surface area contributed by atoms with Gasteiger partial charge in [0.15, 0.2) is 0 Å². The number of hydrogen-bond donors (Lipinski definition) is 2. The first-order valence-electron chi connectivity index (χ1n) is 6.19. The van der Waals surface area contributed by atoms with Gasteiger partial charge in [-0.1, -0.05) is 6.92 Å². The smallest absolute Gasteiger partial charge is 0.237 e. The van der Waals surface area contributed by atoms with Crippen LogP contribution in [0.3, 0.4) is 0 Å². The van der Waals surface area contributed by atoms with E-state index in [4.69, 9.17) is 0 Å². The van der Waals surface area contributed by atoms with Crippen molar-refractivity contribution in [1.29, 1.82) is 0 Å². The molecule has 5 heteroatoms. The molecule has 1 saturated heterocycles. The van der Waals surface area contributed by atoms with E-state index in [1.165, 1.54) is 4.88 Å². The summed E-state index contributed by atoms with van der Waals surface area (Å²) in [5, 5.41) is 7.22. The van der Waals surface area contributed by atoms with E-state index in [-0.39, 0.29) is 18.0 Å². The van der Waals surface area contributed by atoms with Crippen LogP contribution in [0.25, 0.3) is 0 Å². The van der Waals surface area contributed by atoms with Gasteiger partial charge in [0, 0.05) is 11.1 Å². The van der Waals surface area contributed by atoms with Gasteiger partial charge in [0.05, 0.1) is 12.1 Å². The summed E-state index contributed by atoms with van der Waals surface area (Å²) in [6, 6.07) is -0.00161. The second-order valence-electron chi connectivity index (χ2n) is 4.40. The molecule has 0 aliphatic carbocycles. The summed E-state index contributed by atoms with van der Waals surface area (Å²) in [7, 11) is 0. The predicted octanol–water partition coefficient (Wildman–Crippen LogP) is 1.63. The maximum absolute atomic E-state index is 11.9. The molecule has 1 unspecified atom stereocenters. The van der Waals surface area contributed by atoms with Crippen molar-refractivity contribution in [1.82, 2.24) is 15.6 Å². The molecule has 1 aliphatic rings. The molecule has 0 saturated carbocycles. The maximum atomic E-state index is 11.9. The fraction of sp³-hybridized carbons (Fsp3) is 0.667. The molecule has 2 heterocycles. The summed E-state index contributed by atoms with van der Waals surface area (Å²) in [5.41, 5.74) is 0. The molecular formula is C12H19N3OS. The quantitative estimate of drug-likeness (QED) is 0.857. The van der Waals surface area contributed by atoms with E-state index < -0.39 is 0 Å². The number of hydrogen-bond acceptors (Lipinski definition) is 4. The summed E-state index contributed by atoms with van der Waals surface area (Å²) in [4.78, 5) is 17.5. The molecule has 1 amide bonds. The zero-order chi connectivity index (χ0) is 12.3. The Morgan fingerprint density at radius 2 is 2.59 bits per heavy atom. The SMILES string of the molecule is CCc1cnc(C(C)NC(=O)[C@H]2CCCN2)s1. The Morgan fingerprint density at radius 3 is 3.18 bits per heavy atom. The average molecular weight is 253 g/mol.